The van der Waals surface area contributed by atoms with E-state index in [0.717, 1.165) is 6.07 Å². The van der Waals surface area contributed by atoms with Crippen molar-refractivity contribution in [3.8, 4) is 0 Å². The Morgan fingerprint density at radius 1 is 1.18 bits per heavy atom. The second-order valence-corrected chi connectivity index (χ2v) is 2.43. The number of nitrogens with zero attached hydrogens (tertiary/aromatic N) is 1. The Bertz CT molecular complexity index is 396. The van der Waals surface area contributed by atoms with Gasteiger partial charge in [0.1, 0.15) is 0 Å². The third-order valence-corrected chi connectivity index (χ3v) is 1.36. The van der Waals surface area contributed by atoms with Gasteiger partial charge in [-0.15, -0.1) is 10.1 Å². The Kier molecular flexibility index (Phi) is 8.55. The van der Waals surface area contributed by atoms with E-state index in [1.807, 2.05) is 0 Å². The van der Waals surface area contributed by atoms with Crippen LogP contribution in [-0.4, -0.2) is 55.5 Å². The van der Waals surface area contributed by atoms with Crippen LogP contribution in [0.25, 0.3) is 0 Å². The van der Waals surface area contributed by atoms with E-state index in [1.54, 1.807) is 0 Å². The third-order valence-electron chi connectivity index (χ3n) is 1.36. The monoisotopic (exact) mass is 255 g/mol. The van der Waals surface area contributed by atoms with Crippen molar-refractivity contribution < 1.29 is 32.9 Å². The first-order valence-corrected chi connectivity index (χ1v) is 3.74. The van der Waals surface area contributed by atoms with Crippen molar-refractivity contribution in [2.75, 3.05) is 0 Å². The van der Waals surface area contributed by atoms with E-state index in [2.05, 4.69) is 0 Å². The molecule has 0 aliphatic heterocycles. The van der Waals surface area contributed by atoms with Gasteiger partial charge in [0.15, 0.2) is 0 Å². The molecule has 0 fully saturated rings. The number of benzene rings is 1. The summed E-state index contributed by atoms with van der Waals surface area (Å²) >= 11 is 0. The van der Waals surface area contributed by atoms with Gasteiger partial charge in [-0.05, 0) is 18.2 Å². The molecule has 0 aliphatic rings. The number of aromatic carboxylic acids is 2. The van der Waals surface area contributed by atoms with Gasteiger partial charge < -0.3 is 18.3 Å². The van der Waals surface area contributed by atoms with Crippen LogP contribution in [0.4, 0.5) is 0 Å². The molecule has 0 heterocycles. The minimum atomic E-state index is -1.50. The second kappa shape index (κ2) is 8.30. The third kappa shape index (κ3) is 7.99. The van der Waals surface area contributed by atoms with Crippen molar-refractivity contribution in [2.45, 2.75) is 0 Å². The molecule has 0 spiro atoms. The predicted octanol–water partition coefficient (Wildman–Crippen LogP) is 0.579. The normalized spacial score (nSPS) is 8.00. The molecule has 0 saturated heterocycles. The Hall–Kier alpha value is -1.87. The smallest absolute Gasteiger partial charge is 1.00 e. The first-order chi connectivity index (χ1) is 7.34. The number of carboxylic acids is 2. The van der Waals surface area contributed by atoms with Crippen molar-refractivity contribution in [2.24, 2.45) is 0 Å². The maximum atomic E-state index is 10.4. The van der Waals surface area contributed by atoms with Gasteiger partial charge in [-0.1, -0.05) is 6.07 Å². The molecular formula is C8H9MgNO7. The molecule has 1 aromatic rings. The quantitative estimate of drug-likeness (QED) is 0.399. The summed E-state index contributed by atoms with van der Waals surface area (Å²) in [6.45, 7) is 0. The molecule has 0 saturated carbocycles. The standard InChI is InChI=1S/C8H6O4.Mg.HNO3.2H/c9-7(10)5-2-1-3-6(4-5)8(11)12;;2-1(3)4;;/h1-4H,(H,9,10)(H,11,12);;(H,2,3,4);;/q;+2;;2*-1. The van der Waals surface area contributed by atoms with Crippen LogP contribution < -0.4 is 0 Å². The number of hydrogen-bond acceptors (Lipinski definition) is 4. The fourth-order valence-corrected chi connectivity index (χ4v) is 0.785. The number of carboxylic acid groups (broad SMARTS) is 2. The maximum Gasteiger partial charge on any atom is 2.00 e. The number of rotatable bonds is 2. The fraction of sp³-hybridized carbons (Fsp3) is 0. The van der Waals surface area contributed by atoms with E-state index < -0.39 is 17.0 Å². The molecule has 0 bridgehead atoms. The van der Waals surface area contributed by atoms with Crippen LogP contribution in [0.15, 0.2) is 24.3 Å². The minimum absolute atomic E-state index is 0. The topological polar surface area (TPSA) is 138 Å². The zero-order valence-electron chi connectivity index (χ0n) is 10.4. The molecule has 8 nitrogen and oxygen atoms in total. The van der Waals surface area contributed by atoms with Gasteiger partial charge in [-0.2, -0.15) is 0 Å². The molecule has 0 aliphatic carbocycles. The van der Waals surface area contributed by atoms with Crippen LogP contribution in [0.1, 0.15) is 23.6 Å². The molecule has 3 N–H and O–H groups in total. The Morgan fingerprint density at radius 3 is 1.71 bits per heavy atom. The molecule has 1 rings (SSSR count). The van der Waals surface area contributed by atoms with Crippen molar-refractivity contribution in [3.05, 3.63) is 45.5 Å². The Morgan fingerprint density at radius 2 is 1.47 bits per heavy atom. The number of carbonyl (C=O) groups is 2. The van der Waals surface area contributed by atoms with E-state index in [4.69, 9.17) is 25.5 Å². The molecule has 9 heteroatoms. The summed E-state index contributed by atoms with van der Waals surface area (Å²) < 4.78 is 0. The summed E-state index contributed by atoms with van der Waals surface area (Å²) in [5, 5.41) is 30.6. The Balaban J connectivity index is -0.000000144. The summed E-state index contributed by atoms with van der Waals surface area (Å²) in [6.07, 6.45) is 0. The summed E-state index contributed by atoms with van der Waals surface area (Å²) in [5.74, 6) is -2.25. The average Bonchev–Trinajstić information content (AvgIpc) is 2.17. The van der Waals surface area contributed by atoms with Crippen LogP contribution in [-0.2, 0) is 0 Å². The summed E-state index contributed by atoms with van der Waals surface area (Å²) in [5.41, 5.74) is -0.0372. The largest absolute Gasteiger partial charge is 2.00 e. The molecule has 0 aromatic heterocycles. The van der Waals surface area contributed by atoms with Gasteiger partial charge in [-0.25, -0.2) is 9.59 Å². The van der Waals surface area contributed by atoms with Gasteiger partial charge in [-0.3, -0.25) is 0 Å². The number of hydrogen-bond donors (Lipinski definition) is 3. The van der Waals surface area contributed by atoms with Gasteiger partial charge in [0.2, 0.25) is 0 Å². The van der Waals surface area contributed by atoms with E-state index in [-0.39, 0.29) is 37.0 Å². The summed E-state index contributed by atoms with van der Waals surface area (Å²) in [7, 11) is 0. The van der Waals surface area contributed by atoms with E-state index in [9.17, 15) is 9.59 Å². The zero-order valence-corrected chi connectivity index (χ0v) is 9.85. The van der Waals surface area contributed by atoms with Gasteiger partial charge in [0.05, 0.1) is 11.1 Å². The molecule has 0 amide bonds. The molecule has 90 valence electrons. The Labute approximate surface area is 114 Å². The summed E-state index contributed by atoms with van der Waals surface area (Å²) in [6, 6.07) is 5.20. The van der Waals surface area contributed by atoms with E-state index in [0.29, 0.717) is 0 Å². The van der Waals surface area contributed by atoms with Gasteiger partial charge >= 0.3 is 35.0 Å². The molecule has 0 radical (unpaired) electrons. The van der Waals surface area contributed by atoms with Crippen molar-refractivity contribution >= 4 is 35.0 Å². The molecule has 0 atom stereocenters. The first-order valence-electron chi connectivity index (χ1n) is 3.74. The van der Waals surface area contributed by atoms with Crippen LogP contribution >= 0.6 is 0 Å². The van der Waals surface area contributed by atoms with Crippen LogP contribution in [0, 0.1) is 10.1 Å². The van der Waals surface area contributed by atoms with Crippen LogP contribution in [0.3, 0.4) is 0 Å². The second-order valence-electron chi connectivity index (χ2n) is 2.43. The van der Waals surface area contributed by atoms with E-state index >= 15 is 0 Å². The molecule has 1 aromatic carbocycles. The molecule has 17 heavy (non-hydrogen) atoms. The maximum absolute atomic E-state index is 10.4. The van der Waals surface area contributed by atoms with Crippen molar-refractivity contribution in [1.29, 1.82) is 0 Å². The zero-order chi connectivity index (χ0) is 12.7. The van der Waals surface area contributed by atoms with Crippen molar-refractivity contribution in [3.63, 3.8) is 0 Å². The molecule has 0 unspecified atom stereocenters. The van der Waals surface area contributed by atoms with E-state index in [1.165, 1.54) is 18.2 Å². The molecular weight excluding hydrogens is 246 g/mol. The van der Waals surface area contributed by atoms with Crippen LogP contribution in [0.2, 0.25) is 0 Å². The van der Waals surface area contributed by atoms with Crippen molar-refractivity contribution in [1.82, 2.24) is 0 Å². The average molecular weight is 255 g/mol. The van der Waals surface area contributed by atoms with Gasteiger partial charge in [0.25, 0.3) is 5.09 Å². The predicted molar refractivity (Wildman–Crippen MR) is 57.1 cm³/mol. The van der Waals surface area contributed by atoms with Gasteiger partial charge in [0, 0.05) is 0 Å². The fourth-order valence-electron chi connectivity index (χ4n) is 0.785. The summed E-state index contributed by atoms with van der Waals surface area (Å²) in [4.78, 5) is 29.1. The first kappa shape index (κ1) is 17.5. The SMILES string of the molecule is O=C(O)c1cccc(C(=O)O)c1.O=[N+]([O-])O.[H-].[H-].[Mg+2]. The minimum Gasteiger partial charge on any atom is -1.00 e. The van der Waals surface area contributed by atoms with Crippen LogP contribution in [0.5, 0.6) is 0 Å².